The molecule has 0 radical (unpaired) electrons. The number of ether oxygens (including phenoxy) is 2. The summed E-state index contributed by atoms with van der Waals surface area (Å²) in [6, 6.07) is 17.9. The van der Waals surface area contributed by atoms with Gasteiger partial charge in [-0.15, -0.1) is 0 Å². The van der Waals surface area contributed by atoms with Crippen molar-refractivity contribution in [2.45, 2.75) is 26.2 Å². The maximum absolute atomic E-state index is 12.2. The lowest BCUT2D eigenvalue weighted by Gasteiger charge is -2.15. The number of benzene rings is 2. The number of nitrogens with two attached hydrogens (primary N) is 1. The van der Waals surface area contributed by atoms with Gasteiger partial charge in [0, 0.05) is 6.54 Å². The highest BCUT2D eigenvalue weighted by Gasteiger charge is 2.21. The Morgan fingerprint density at radius 3 is 1.85 bits per heavy atom. The minimum absolute atomic E-state index is 0.217. The van der Waals surface area contributed by atoms with Crippen LogP contribution in [0.15, 0.2) is 60.7 Å². The Morgan fingerprint density at radius 2 is 1.35 bits per heavy atom. The fourth-order valence-electron chi connectivity index (χ4n) is 2.51. The first kappa shape index (κ1) is 19.7. The van der Waals surface area contributed by atoms with Gasteiger partial charge in [-0.2, -0.15) is 0 Å². The topological polar surface area (TPSA) is 78.6 Å². The number of esters is 2. The third-order valence-corrected chi connectivity index (χ3v) is 4.13. The summed E-state index contributed by atoms with van der Waals surface area (Å²) in [6.45, 7) is 2.04. The highest BCUT2D eigenvalue weighted by Crippen LogP contribution is 2.18. The van der Waals surface area contributed by atoms with Crippen LogP contribution < -0.4 is 15.2 Å². The zero-order valence-electron chi connectivity index (χ0n) is 15.0. The lowest BCUT2D eigenvalue weighted by molar-refractivity contribution is -0.138. The van der Waals surface area contributed by atoms with Crippen molar-refractivity contribution in [2.24, 2.45) is 17.6 Å². The molecule has 0 heterocycles. The molecule has 5 heteroatoms. The number of rotatable bonds is 9. The quantitative estimate of drug-likeness (QED) is 0.549. The van der Waals surface area contributed by atoms with Crippen molar-refractivity contribution in [3.05, 3.63) is 60.7 Å². The van der Waals surface area contributed by atoms with E-state index in [-0.39, 0.29) is 30.3 Å². The monoisotopic (exact) mass is 355 g/mol. The summed E-state index contributed by atoms with van der Waals surface area (Å²) >= 11 is 0. The molecule has 0 bridgehead atoms. The molecule has 2 N–H and O–H groups in total. The van der Waals surface area contributed by atoms with Crippen molar-refractivity contribution in [2.75, 3.05) is 6.54 Å². The molecule has 0 fully saturated rings. The highest BCUT2D eigenvalue weighted by atomic mass is 16.5. The first-order valence-electron chi connectivity index (χ1n) is 8.83. The smallest absolute Gasteiger partial charge is 0.315 e. The molecule has 0 aromatic heterocycles. The molecule has 0 aliphatic carbocycles. The average Bonchev–Trinajstić information content (AvgIpc) is 2.66. The molecule has 2 unspecified atom stereocenters. The molecule has 2 atom stereocenters. The van der Waals surface area contributed by atoms with Gasteiger partial charge in [-0.1, -0.05) is 49.7 Å². The van der Waals surface area contributed by atoms with Crippen molar-refractivity contribution in [1.82, 2.24) is 0 Å². The van der Waals surface area contributed by atoms with Gasteiger partial charge in [-0.3, -0.25) is 9.59 Å². The number of hydrogen-bond acceptors (Lipinski definition) is 5. The van der Waals surface area contributed by atoms with Crippen LogP contribution in [0.25, 0.3) is 0 Å². The lowest BCUT2D eigenvalue weighted by Crippen LogP contribution is -2.28. The van der Waals surface area contributed by atoms with Crippen LogP contribution in [0.4, 0.5) is 0 Å². The second-order valence-electron chi connectivity index (χ2n) is 6.23. The van der Waals surface area contributed by atoms with E-state index in [9.17, 15) is 9.59 Å². The molecule has 0 aliphatic heterocycles. The zero-order chi connectivity index (χ0) is 18.8. The molecule has 138 valence electrons. The van der Waals surface area contributed by atoms with Gasteiger partial charge < -0.3 is 15.2 Å². The largest absolute Gasteiger partial charge is 0.426 e. The molecule has 2 aromatic rings. The Labute approximate surface area is 154 Å². The van der Waals surface area contributed by atoms with Gasteiger partial charge in [-0.25, -0.2) is 0 Å². The zero-order valence-corrected chi connectivity index (χ0v) is 15.0. The molecule has 26 heavy (non-hydrogen) atoms. The van der Waals surface area contributed by atoms with Crippen molar-refractivity contribution < 1.29 is 19.1 Å². The van der Waals surface area contributed by atoms with Crippen molar-refractivity contribution >= 4 is 11.9 Å². The average molecular weight is 355 g/mol. The van der Waals surface area contributed by atoms with Gasteiger partial charge >= 0.3 is 11.9 Å². The van der Waals surface area contributed by atoms with Crippen LogP contribution in [0.1, 0.15) is 26.2 Å². The molecule has 2 rings (SSSR count). The van der Waals surface area contributed by atoms with E-state index in [0.717, 1.165) is 0 Å². The molecular formula is C21H25NO4. The summed E-state index contributed by atoms with van der Waals surface area (Å²) in [7, 11) is 0. The van der Waals surface area contributed by atoms with Gasteiger partial charge in [0.05, 0.1) is 11.8 Å². The second kappa shape index (κ2) is 10.4. The molecule has 2 aromatic carbocycles. The minimum atomic E-state index is -0.382. The highest BCUT2D eigenvalue weighted by molar-refractivity contribution is 5.75. The Kier molecular flexibility index (Phi) is 7.83. The van der Waals surface area contributed by atoms with E-state index >= 15 is 0 Å². The van der Waals surface area contributed by atoms with Gasteiger partial charge in [-0.05, 0) is 37.1 Å². The van der Waals surface area contributed by atoms with E-state index < -0.39 is 0 Å². The number of para-hydroxylation sites is 2. The maximum Gasteiger partial charge on any atom is 0.315 e. The maximum atomic E-state index is 12.2. The van der Waals surface area contributed by atoms with Gasteiger partial charge in [0.15, 0.2) is 0 Å². The summed E-state index contributed by atoms with van der Waals surface area (Å²) in [5, 5.41) is 0. The number of hydrogen-bond donors (Lipinski definition) is 1. The summed E-state index contributed by atoms with van der Waals surface area (Å²) in [5.41, 5.74) is 5.71. The van der Waals surface area contributed by atoms with Crippen molar-refractivity contribution in [3.8, 4) is 11.5 Å². The SMILES string of the molecule is CC(CCCC(CN)C(=O)Oc1ccccc1)C(=O)Oc1ccccc1. The fraction of sp³-hybridized carbons (Fsp3) is 0.333. The minimum Gasteiger partial charge on any atom is -0.426 e. The van der Waals surface area contributed by atoms with E-state index in [1.165, 1.54) is 0 Å². The second-order valence-corrected chi connectivity index (χ2v) is 6.23. The molecule has 0 saturated carbocycles. The fourth-order valence-corrected chi connectivity index (χ4v) is 2.51. The van der Waals surface area contributed by atoms with Gasteiger partial charge in [0.25, 0.3) is 0 Å². The third-order valence-electron chi connectivity index (χ3n) is 4.13. The van der Waals surface area contributed by atoms with Crippen molar-refractivity contribution in [3.63, 3.8) is 0 Å². The van der Waals surface area contributed by atoms with Crippen LogP contribution in [0.3, 0.4) is 0 Å². The van der Waals surface area contributed by atoms with E-state index in [1.54, 1.807) is 36.4 Å². The molecule has 0 saturated heterocycles. The Bertz CT molecular complexity index is 688. The van der Waals surface area contributed by atoms with Crippen molar-refractivity contribution in [1.29, 1.82) is 0 Å². The van der Waals surface area contributed by atoms with Gasteiger partial charge in [0.2, 0.25) is 0 Å². The molecular weight excluding hydrogens is 330 g/mol. The summed E-state index contributed by atoms with van der Waals surface area (Å²) < 4.78 is 10.7. The third kappa shape index (κ3) is 6.33. The summed E-state index contributed by atoms with van der Waals surface area (Å²) in [6.07, 6.45) is 1.89. The predicted molar refractivity (Wildman–Crippen MR) is 99.7 cm³/mol. The van der Waals surface area contributed by atoms with Crippen LogP contribution in [0.2, 0.25) is 0 Å². The normalized spacial score (nSPS) is 12.8. The summed E-state index contributed by atoms with van der Waals surface area (Å²) in [5.74, 6) is -0.191. The van der Waals surface area contributed by atoms with Gasteiger partial charge in [0.1, 0.15) is 11.5 Å². The first-order valence-corrected chi connectivity index (χ1v) is 8.83. The standard InChI is InChI=1S/C21H25NO4/c1-16(20(23)25-18-11-4-2-5-12-18)9-8-10-17(15-22)21(24)26-19-13-6-3-7-14-19/h2-7,11-14,16-17H,8-10,15,22H2,1H3. The summed E-state index contributed by atoms with van der Waals surface area (Å²) in [4.78, 5) is 24.3. The van der Waals surface area contributed by atoms with Crippen LogP contribution in [-0.2, 0) is 9.59 Å². The predicted octanol–water partition coefficient (Wildman–Crippen LogP) is 3.58. The van der Waals surface area contributed by atoms with E-state index in [4.69, 9.17) is 15.2 Å². The number of carbonyl (C=O) groups is 2. The lowest BCUT2D eigenvalue weighted by atomic mass is 9.97. The first-order chi connectivity index (χ1) is 12.6. The Balaban J connectivity index is 1.75. The molecule has 0 spiro atoms. The number of carbonyl (C=O) groups excluding carboxylic acids is 2. The molecule has 0 aliphatic rings. The molecule has 5 nitrogen and oxygen atoms in total. The van der Waals surface area contributed by atoms with Crippen LogP contribution in [0.5, 0.6) is 11.5 Å². The van der Waals surface area contributed by atoms with Crippen LogP contribution in [0, 0.1) is 11.8 Å². The van der Waals surface area contributed by atoms with Crippen LogP contribution in [-0.4, -0.2) is 18.5 Å². The van der Waals surface area contributed by atoms with Crippen LogP contribution >= 0.6 is 0 Å². The Morgan fingerprint density at radius 1 is 0.846 bits per heavy atom. The van der Waals surface area contributed by atoms with E-state index in [2.05, 4.69) is 0 Å². The van der Waals surface area contributed by atoms with E-state index in [0.29, 0.717) is 30.8 Å². The van der Waals surface area contributed by atoms with E-state index in [1.807, 2.05) is 31.2 Å². The molecule has 0 amide bonds. The Hall–Kier alpha value is -2.66.